The van der Waals surface area contributed by atoms with Gasteiger partial charge >= 0.3 is 5.97 Å². The number of rotatable bonds is 8. The predicted octanol–water partition coefficient (Wildman–Crippen LogP) is 3.96. The maximum Gasteiger partial charge on any atom is 0.303 e. The Morgan fingerprint density at radius 1 is 1.38 bits per heavy atom. The van der Waals surface area contributed by atoms with Crippen molar-refractivity contribution < 1.29 is 14.7 Å². The van der Waals surface area contributed by atoms with E-state index in [2.05, 4.69) is 27.9 Å². The summed E-state index contributed by atoms with van der Waals surface area (Å²) in [7, 11) is 0. The zero-order valence-electron chi connectivity index (χ0n) is 11.9. The van der Waals surface area contributed by atoms with Crippen molar-refractivity contribution in [2.75, 3.05) is 6.54 Å². The molecular weight excluding hydrogens is 405 g/mol. The van der Waals surface area contributed by atoms with Crippen LogP contribution in [-0.2, 0) is 4.79 Å². The summed E-state index contributed by atoms with van der Waals surface area (Å²) in [6.45, 7) is 2.58. The van der Waals surface area contributed by atoms with Crippen LogP contribution in [0.1, 0.15) is 43.0 Å². The Bertz CT molecular complexity index is 508. The molecule has 1 rings (SSSR count). The van der Waals surface area contributed by atoms with Gasteiger partial charge in [-0.25, -0.2) is 0 Å². The molecule has 0 aromatic heterocycles. The van der Waals surface area contributed by atoms with Gasteiger partial charge in [0.1, 0.15) is 0 Å². The highest BCUT2D eigenvalue weighted by molar-refractivity contribution is 14.1. The fourth-order valence-corrected chi connectivity index (χ4v) is 2.53. The van der Waals surface area contributed by atoms with Gasteiger partial charge in [-0.3, -0.25) is 9.59 Å². The zero-order valence-corrected chi connectivity index (χ0v) is 14.8. The smallest absolute Gasteiger partial charge is 0.303 e. The third-order valence-electron chi connectivity index (χ3n) is 3.36. The number of halogens is 2. The Kier molecular flexibility index (Phi) is 8.03. The van der Waals surface area contributed by atoms with Gasteiger partial charge in [0.25, 0.3) is 5.91 Å². The number of carbonyl (C=O) groups excluding carboxylic acids is 1. The highest BCUT2D eigenvalue weighted by Gasteiger charge is 2.11. The summed E-state index contributed by atoms with van der Waals surface area (Å²) >= 11 is 8.10. The molecule has 6 heteroatoms. The van der Waals surface area contributed by atoms with Gasteiger partial charge in [0, 0.05) is 22.1 Å². The van der Waals surface area contributed by atoms with Crippen LogP contribution in [0.15, 0.2) is 18.2 Å². The quantitative estimate of drug-likeness (QED) is 0.622. The van der Waals surface area contributed by atoms with Crippen molar-refractivity contribution in [2.24, 2.45) is 5.92 Å². The second kappa shape index (κ2) is 9.25. The number of hydrogen-bond donors (Lipinski definition) is 2. The van der Waals surface area contributed by atoms with Crippen LogP contribution in [0.2, 0.25) is 5.02 Å². The first kappa shape index (κ1) is 18.2. The van der Waals surface area contributed by atoms with E-state index in [1.807, 2.05) is 6.92 Å². The molecule has 0 fully saturated rings. The maximum absolute atomic E-state index is 12.0. The second-order valence-corrected chi connectivity index (χ2v) is 6.45. The van der Waals surface area contributed by atoms with Crippen LogP contribution in [0.5, 0.6) is 0 Å². The molecule has 1 atom stereocenters. The average Bonchev–Trinajstić information content (AvgIpc) is 2.45. The minimum absolute atomic E-state index is 0.151. The minimum Gasteiger partial charge on any atom is -0.481 e. The van der Waals surface area contributed by atoms with Crippen LogP contribution in [0.3, 0.4) is 0 Å². The Labute approximate surface area is 143 Å². The molecule has 4 nitrogen and oxygen atoms in total. The van der Waals surface area contributed by atoms with Crippen molar-refractivity contribution in [3.8, 4) is 0 Å². The molecular formula is C15H19ClINO3. The first-order chi connectivity index (χ1) is 9.93. The summed E-state index contributed by atoms with van der Waals surface area (Å²) in [5.41, 5.74) is 0.541. The SMILES string of the molecule is CCC(CCNC(=O)c1ccc(I)c(Cl)c1)CCC(=O)O. The van der Waals surface area contributed by atoms with E-state index < -0.39 is 5.97 Å². The zero-order chi connectivity index (χ0) is 15.8. The van der Waals surface area contributed by atoms with E-state index in [4.69, 9.17) is 16.7 Å². The molecule has 0 aliphatic heterocycles. The van der Waals surface area contributed by atoms with Gasteiger partial charge in [0.05, 0.1) is 5.02 Å². The molecule has 0 saturated heterocycles. The highest BCUT2D eigenvalue weighted by Crippen LogP contribution is 2.19. The van der Waals surface area contributed by atoms with Crippen LogP contribution < -0.4 is 5.32 Å². The van der Waals surface area contributed by atoms with Crippen molar-refractivity contribution in [3.63, 3.8) is 0 Å². The molecule has 2 N–H and O–H groups in total. The summed E-state index contributed by atoms with van der Waals surface area (Å²) in [6.07, 6.45) is 2.53. The number of benzene rings is 1. The van der Waals surface area contributed by atoms with E-state index in [-0.39, 0.29) is 12.3 Å². The molecule has 1 amide bonds. The van der Waals surface area contributed by atoms with Gasteiger partial charge in [-0.15, -0.1) is 0 Å². The molecule has 1 aromatic carbocycles. The summed E-state index contributed by atoms with van der Waals surface area (Å²) in [4.78, 5) is 22.5. The number of nitrogens with one attached hydrogen (secondary N) is 1. The molecule has 0 radical (unpaired) electrons. The van der Waals surface area contributed by atoms with Crippen molar-refractivity contribution in [1.29, 1.82) is 0 Å². The van der Waals surface area contributed by atoms with Crippen LogP contribution in [-0.4, -0.2) is 23.5 Å². The van der Waals surface area contributed by atoms with E-state index in [9.17, 15) is 9.59 Å². The Hall–Kier alpha value is -0.820. The van der Waals surface area contributed by atoms with Crippen molar-refractivity contribution in [1.82, 2.24) is 5.32 Å². The fraction of sp³-hybridized carbons (Fsp3) is 0.467. The molecule has 21 heavy (non-hydrogen) atoms. The Balaban J connectivity index is 2.41. The van der Waals surface area contributed by atoms with Gasteiger partial charge in [-0.2, -0.15) is 0 Å². The average molecular weight is 424 g/mol. The molecule has 1 aromatic rings. The van der Waals surface area contributed by atoms with Crippen molar-refractivity contribution in [2.45, 2.75) is 32.6 Å². The maximum atomic E-state index is 12.0. The Morgan fingerprint density at radius 2 is 2.10 bits per heavy atom. The second-order valence-electron chi connectivity index (χ2n) is 4.88. The van der Waals surface area contributed by atoms with E-state index >= 15 is 0 Å². The van der Waals surface area contributed by atoms with Gasteiger partial charge in [-0.05, 0) is 59.5 Å². The molecule has 0 spiro atoms. The van der Waals surface area contributed by atoms with Crippen LogP contribution >= 0.6 is 34.2 Å². The van der Waals surface area contributed by atoms with Crippen molar-refractivity contribution in [3.05, 3.63) is 32.4 Å². The third kappa shape index (κ3) is 6.65. The molecule has 0 aliphatic rings. The number of carboxylic acids is 1. The summed E-state index contributed by atoms with van der Waals surface area (Å²) in [5.74, 6) is -0.603. The number of aliphatic carboxylic acids is 1. The summed E-state index contributed by atoms with van der Waals surface area (Å²) in [6, 6.07) is 5.20. The molecule has 0 heterocycles. The van der Waals surface area contributed by atoms with E-state index in [0.717, 1.165) is 16.4 Å². The van der Waals surface area contributed by atoms with Gasteiger partial charge in [0.15, 0.2) is 0 Å². The van der Waals surface area contributed by atoms with E-state index in [1.54, 1.807) is 18.2 Å². The van der Waals surface area contributed by atoms with E-state index in [1.165, 1.54) is 0 Å². The van der Waals surface area contributed by atoms with Crippen LogP contribution in [0.25, 0.3) is 0 Å². The van der Waals surface area contributed by atoms with Crippen LogP contribution in [0, 0.1) is 9.49 Å². The first-order valence-corrected chi connectivity index (χ1v) is 8.34. The topological polar surface area (TPSA) is 66.4 Å². The lowest BCUT2D eigenvalue weighted by molar-refractivity contribution is -0.137. The van der Waals surface area contributed by atoms with Gasteiger partial charge in [0.2, 0.25) is 0 Å². The number of carboxylic acid groups (broad SMARTS) is 1. The lowest BCUT2D eigenvalue weighted by atomic mass is 9.96. The lowest BCUT2D eigenvalue weighted by Crippen LogP contribution is -2.26. The standard InChI is InChI=1S/C15H19ClINO3/c1-2-10(3-6-14(19)20)7-8-18-15(21)11-4-5-13(17)12(16)9-11/h4-5,9-10H,2-3,6-8H2,1H3,(H,18,21)(H,19,20). The Morgan fingerprint density at radius 3 is 2.67 bits per heavy atom. The van der Waals surface area contributed by atoms with Crippen LogP contribution in [0.4, 0.5) is 0 Å². The number of hydrogen-bond acceptors (Lipinski definition) is 2. The summed E-state index contributed by atoms with van der Waals surface area (Å²) < 4.78 is 0.908. The molecule has 116 valence electrons. The number of amides is 1. The third-order valence-corrected chi connectivity index (χ3v) is 4.94. The highest BCUT2D eigenvalue weighted by atomic mass is 127. The fourth-order valence-electron chi connectivity index (χ4n) is 2.01. The van der Waals surface area contributed by atoms with E-state index in [0.29, 0.717) is 29.5 Å². The van der Waals surface area contributed by atoms with Crippen molar-refractivity contribution >= 4 is 46.1 Å². The van der Waals surface area contributed by atoms with Gasteiger partial charge in [-0.1, -0.05) is 24.9 Å². The molecule has 0 aliphatic carbocycles. The monoisotopic (exact) mass is 423 g/mol. The number of carbonyl (C=O) groups is 2. The lowest BCUT2D eigenvalue weighted by Gasteiger charge is -2.14. The predicted molar refractivity (Wildman–Crippen MR) is 91.8 cm³/mol. The molecule has 1 unspecified atom stereocenters. The minimum atomic E-state index is -0.772. The van der Waals surface area contributed by atoms with Gasteiger partial charge < -0.3 is 10.4 Å². The molecule has 0 saturated carbocycles. The summed E-state index contributed by atoms with van der Waals surface area (Å²) in [5, 5.41) is 12.1. The largest absolute Gasteiger partial charge is 0.481 e. The normalized spacial score (nSPS) is 12.0. The molecule has 0 bridgehead atoms. The first-order valence-electron chi connectivity index (χ1n) is 6.89.